The Morgan fingerprint density at radius 1 is 0.818 bits per heavy atom. The summed E-state index contributed by atoms with van der Waals surface area (Å²) in [7, 11) is -4.31. The van der Waals surface area contributed by atoms with Crippen LogP contribution < -0.4 is 4.72 Å². The summed E-state index contributed by atoms with van der Waals surface area (Å²) in [6.07, 6.45) is 3.30. The van der Waals surface area contributed by atoms with E-state index in [-0.39, 0.29) is 5.69 Å². The molecule has 5 rings (SSSR count). The first-order chi connectivity index (χ1) is 15.9. The second kappa shape index (κ2) is 8.02. The summed E-state index contributed by atoms with van der Waals surface area (Å²) in [6.45, 7) is 0. The number of rotatable bonds is 5. The highest BCUT2D eigenvalue weighted by atomic mass is 32.2. The summed E-state index contributed by atoms with van der Waals surface area (Å²) < 4.78 is 56.1. The Balaban J connectivity index is 1.44. The Morgan fingerprint density at radius 2 is 1.58 bits per heavy atom. The number of fused-ring (bicyclic) bond motifs is 1. The standard InChI is InChI=1S/C22H14F2N6O2S/c23-16-3-6-18(24)20(13-16)33(31,32)29-17-4-1-14(2-5-17)19-7-8-21-26-27-22(30(21)28-19)15-9-11-25-12-10-15/h1-13,29H. The van der Waals surface area contributed by atoms with Crippen LogP contribution >= 0.6 is 0 Å². The van der Waals surface area contributed by atoms with Gasteiger partial charge in [0.05, 0.1) is 5.69 Å². The van der Waals surface area contributed by atoms with Crippen molar-refractivity contribution in [1.82, 2.24) is 24.8 Å². The summed E-state index contributed by atoms with van der Waals surface area (Å²) >= 11 is 0. The van der Waals surface area contributed by atoms with E-state index in [0.717, 1.165) is 17.7 Å². The van der Waals surface area contributed by atoms with Gasteiger partial charge in [0.1, 0.15) is 16.5 Å². The third kappa shape index (κ3) is 4.01. The number of benzene rings is 2. The fourth-order valence-electron chi connectivity index (χ4n) is 3.23. The van der Waals surface area contributed by atoms with Gasteiger partial charge in [-0.05, 0) is 54.6 Å². The number of nitrogens with one attached hydrogen (secondary N) is 1. The van der Waals surface area contributed by atoms with Crippen molar-refractivity contribution < 1.29 is 17.2 Å². The van der Waals surface area contributed by atoms with Gasteiger partial charge in [-0.1, -0.05) is 12.1 Å². The number of aromatic nitrogens is 5. The summed E-state index contributed by atoms with van der Waals surface area (Å²) in [4.78, 5) is 3.23. The molecular weight excluding hydrogens is 450 g/mol. The lowest BCUT2D eigenvalue weighted by molar-refractivity contribution is 0.555. The van der Waals surface area contributed by atoms with Crippen molar-refractivity contribution in [2.24, 2.45) is 0 Å². The van der Waals surface area contributed by atoms with Gasteiger partial charge < -0.3 is 0 Å². The number of nitrogens with zero attached hydrogens (tertiary/aromatic N) is 5. The number of anilines is 1. The van der Waals surface area contributed by atoms with E-state index in [1.807, 2.05) is 0 Å². The van der Waals surface area contributed by atoms with Gasteiger partial charge in [-0.25, -0.2) is 17.2 Å². The van der Waals surface area contributed by atoms with Crippen LogP contribution in [0.25, 0.3) is 28.3 Å². The second-order valence-electron chi connectivity index (χ2n) is 7.01. The molecule has 0 spiro atoms. The van der Waals surface area contributed by atoms with Crippen LogP contribution in [0, 0.1) is 11.6 Å². The molecule has 0 unspecified atom stereocenters. The predicted molar refractivity (Wildman–Crippen MR) is 117 cm³/mol. The van der Waals surface area contributed by atoms with Gasteiger partial charge >= 0.3 is 0 Å². The lowest BCUT2D eigenvalue weighted by Crippen LogP contribution is -2.14. The molecule has 0 aliphatic rings. The number of sulfonamides is 1. The van der Waals surface area contributed by atoms with Crippen molar-refractivity contribution in [2.45, 2.75) is 4.90 Å². The van der Waals surface area contributed by atoms with Gasteiger partial charge in [0.25, 0.3) is 10.0 Å². The zero-order chi connectivity index (χ0) is 23.0. The van der Waals surface area contributed by atoms with Gasteiger partial charge in [-0.15, -0.1) is 10.2 Å². The molecule has 33 heavy (non-hydrogen) atoms. The lowest BCUT2D eigenvalue weighted by Gasteiger charge is -2.10. The Kier molecular flexibility index (Phi) is 5.02. The monoisotopic (exact) mass is 464 g/mol. The minimum absolute atomic E-state index is 0.185. The normalized spacial score (nSPS) is 11.6. The van der Waals surface area contributed by atoms with Crippen LogP contribution in [0.2, 0.25) is 0 Å². The second-order valence-corrected chi connectivity index (χ2v) is 8.66. The van der Waals surface area contributed by atoms with Crippen LogP contribution in [0.3, 0.4) is 0 Å². The highest BCUT2D eigenvalue weighted by Gasteiger charge is 2.20. The topological polar surface area (TPSA) is 102 Å². The molecule has 0 atom stereocenters. The fraction of sp³-hybridized carbons (Fsp3) is 0. The summed E-state index contributed by atoms with van der Waals surface area (Å²) in [5.41, 5.74) is 2.85. The molecule has 0 bridgehead atoms. The zero-order valence-corrected chi connectivity index (χ0v) is 17.5. The van der Waals surface area contributed by atoms with E-state index in [1.165, 1.54) is 12.1 Å². The van der Waals surface area contributed by atoms with E-state index in [1.54, 1.807) is 53.3 Å². The minimum Gasteiger partial charge on any atom is -0.280 e. The molecule has 11 heteroatoms. The zero-order valence-electron chi connectivity index (χ0n) is 16.7. The Morgan fingerprint density at radius 3 is 2.33 bits per heavy atom. The van der Waals surface area contributed by atoms with E-state index in [4.69, 9.17) is 0 Å². The molecule has 0 saturated heterocycles. The van der Waals surface area contributed by atoms with Crippen LogP contribution in [0.1, 0.15) is 0 Å². The first-order valence-corrected chi connectivity index (χ1v) is 11.1. The van der Waals surface area contributed by atoms with Gasteiger partial charge in [0.15, 0.2) is 11.5 Å². The van der Waals surface area contributed by atoms with Gasteiger partial charge in [0.2, 0.25) is 0 Å². The highest BCUT2D eigenvalue weighted by molar-refractivity contribution is 7.92. The van der Waals surface area contributed by atoms with Gasteiger partial charge in [-0.2, -0.15) is 9.61 Å². The molecule has 0 aliphatic carbocycles. The molecule has 8 nitrogen and oxygen atoms in total. The molecule has 2 aromatic carbocycles. The van der Waals surface area contributed by atoms with E-state index in [0.29, 0.717) is 28.8 Å². The SMILES string of the molecule is O=S(=O)(Nc1ccc(-c2ccc3nnc(-c4ccncc4)n3n2)cc1)c1cc(F)ccc1F. The molecular formula is C22H14F2N6O2S. The van der Waals surface area contributed by atoms with Crippen molar-refractivity contribution in [2.75, 3.05) is 4.72 Å². The molecule has 3 heterocycles. The summed E-state index contributed by atoms with van der Waals surface area (Å²) in [5, 5.41) is 12.9. The molecule has 1 N–H and O–H groups in total. The summed E-state index contributed by atoms with van der Waals surface area (Å²) in [5.74, 6) is -1.35. The highest BCUT2D eigenvalue weighted by Crippen LogP contribution is 2.24. The van der Waals surface area contributed by atoms with Gasteiger partial charge in [0, 0.05) is 29.2 Å². The van der Waals surface area contributed by atoms with Gasteiger partial charge in [-0.3, -0.25) is 9.71 Å². The van der Waals surface area contributed by atoms with Crippen molar-refractivity contribution in [3.63, 3.8) is 0 Å². The lowest BCUT2D eigenvalue weighted by atomic mass is 10.1. The van der Waals surface area contributed by atoms with E-state index in [9.17, 15) is 17.2 Å². The van der Waals surface area contributed by atoms with Crippen LogP contribution in [-0.2, 0) is 10.0 Å². The van der Waals surface area contributed by atoms with E-state index in [2.05, 4.69) is 25.0 Å². The van der Waals surface area contributed by atoms with Crippen molar-refractivity contribution >= 4 is 21.4 Å². The van der Waals surface area contributed by atoms with Crippen LogP contribution in [0.4, 0.5) is 14.5 Å². The smallest absolute Gasteiger partial charge is 0.264 e. The van der Waals surface area contributed by atoms with Crippen LogP contribution in [0.15, 0.2) is 84.0 Å². The number of halogens is 2. The average molecular weight is 464 g/mol. The molecule has 0 amide bonds. The third-order valence-corrected chi connectivity index (χ3v) is 6.21. The Bertz CT molecular complexity index is 1570. The van der Waals surface area contributed by atoms with Crippen LogP contribution in [0.5, 0.6) is 0 Å². The third-order valence-electron chi connectivity index (χ3n) is 4.82. The predicted octanol–water partition coefficient (Wildman–Crippen LogP) is 3.93. The van der Waals surface area contributed by atoms with E-state index >= 15 is 0 Å². The quantitative estimate of drug-likeness (QED) is 0.423. The molecule has 0 fully saturated rings. The molecule has 5 aromatic rings. The summed E-state index contributed by atoms with van der Waals surface area (Å²) in [6, 6.07) is 15.7. The Hall–Kier alpha value is -4.25. The first-order valence-electron chi connectivity index (χ1n) is 9.62. The van der Waals surface area contributed by atoms with Crippen LogP contribution in [-0.4, -0.2) is 33.2 Å². The molecule has 0 saturated carbocycles. The van der Waals surface area contributed by atoms with Crippen molar-refractivity contribution in [3.05, 3.63) is 90.8 Å². The number of pyridine rings is 1. The molecule has 0 aliphatic heterocycles. The number of hydrogen-bond donors (Lipinski definition) is 1. The molecule has 0 radical (unpaired) electrons. The number of hydrogen-bond acceptors (Lipinski definition) is 6. The minimum atomic E-state index is -4.31. The first kappa shape index (κ1) is 20.6. The molecule has 3 aromatic heterocycles. The maximum Gasteiger partial charge on any atom is 0.264 e. The Labute approximate surface area is 186 Å². The maximum atomic E-state index is 13.9. The van der Waals surface area contributed by atoms with E-state index < -0.39 is 26.6 Å². The maximum absolute atomic E-state index is 13.9. The van der Waals surface area contributed by atoms with Crippen molar-refractivity contribution in [1.29, 1.82) is 0 Å². The molecule has 164 valence electrons. The fourth-order valence-corrected chi connectivity index (χ4v) is 4.37. The largest absolute Gasteiger partial charge is 0.280 e. The average Bonchev–Trinajstić information content (AvgIpc) is 3.25. The van der Waals surface area contributed by atoms with Crippen molar-refractivity contribution in [3.8, 4) is 22.6 Å².